The van der Waals surface area contributed by atoms with Gasteiger partial charge in [0, 0.05) is 6.54 Å². The highest BCUT2D eigenvalue weighted by Crippen LogP contribution is 2.31. The minimum Gasteiger partial charge on any atom is -0.391 e. The first-order valence-electron chi connectivity index (χ1n) is 10.7. The van der Waals surface area contributed by atoms with Crippen LogP contribution in [0.2, 0.25) is 0 Å². The van der Waals surface area contributed by atoms with Gasteiger partial charge in [0.2, 0.25) is 5.91 Å². The van der Waals surface area contributed by atoms with E-state index >= 15 is 0 Å². The molecule has 0 bridgehead atoms. The van der Waals surface area contributed by atoms with Crippen molar-refractivity contribution >= 4 is 17.7 Å². The van der Waals surface area contributed by atoms with E-state index in [0.29, 0.717) is 5.92 Å². The minimum absolute atomic E-state index is 0.200. The topological polar surface area (TPSA) is 122 Å². The van der Waals surface area contributed by atoms with Gasteiger partial charge in [0.05, 0.1) is 18.2 Å². The summed E-state index contributed by atoms with van der Waals surface area (Å²) >= 11 is 1.20. The molecule has 2 saturated heterocycles. The lowest BCUT2D eigenvalue weighted by Crippen LogP contribution is -2.65. The smallest absolute Gasteiger partial charge is 0.237 e. The van der Waals surface area contributed by atoms with Gasteiger partial charge >= 0.3 is 0 Å². The SMILES string of the molecule is CCCCC1CC(C(=O)NC(C(C)O)C2OC(SC)C(O)C(O)C2O)N(CC)C1. The molecule has 2 rings (SSSR count). The van der Waals surface area contributed by atoms with Crippen LogP contribution in [0.1, 0.15) is 46.5 Å². The van der Waals surface area contributed by atoms with Gasteiger partial charge < -0.3 is 30.5 Å². The highest BCUT2D eigenvalue weighted by atomic mass is 32.2. The molecule has 2 aliphatic heterocycles. The van der Waals surface area contributed by atoms with Crippen LogP contribution in [0.25, 0.3) is 0 Å². The largest absolute Gasteiger partial charge is 0.391 e. The van der Waals surface area contributed by atoms with E-state index in [1.807, 2.05) is 6.92 Å². The summed E-state index contributed by atoms with van der Waals surface area (Å²) < 4.78 is 5.76. The zero-order valence-electron chi connectivity index (χ0n) is 17.9. The van der Waals surface area contributed by atoms with E-state index in [-0.39, 0.29) is 11.9 Å². The third-order valence-electron chi connectivity index (χ3n) is 6.19. The van der Waals surface area contributed by atoms with Gasteiger partial charge in [0.25, 0.3) is 0 Å². The average molecular weight is 435 g/mol. The number of thioether (sulfide) groups is 1. The number of rotatable bonds is 9. The Morgan fingerprint density at radius 2 is 1.93 bits per heavy atom. The van der Waals surface area contributed by atoms with E-state index in [4.69, 9.17) is 4.74 Å². The summed E-state index contributed by atoms with van der Waals surface area (Å²) in [6.45, 7) is 7.36. The van der Waals surface area contributed by atoms with Crippen molar-refractivity contribution < 1.29 is 30.0 Å². The summed E-state index contributed by atoms with van der Waals surface area (Å²) in [5.41, 5.74) is -0.756. The van der Waals surface area contributed by atoms with Crippen LogP contribution >= 0.6 is 11.8 Å². The van der Waals surface area contributed by atoms with Crippen molar-refractivity contribution in [2.75, 3.05) is 19.3 Å². The molecule has 1 amide bonds. The van der Waals surface area contributed by atoms with Crippen molar-refractivity contribution in [1.29, 1.82) is 0 Å². The standard InChI is InChI=1S/C20H38N2O6S/c1-5-7-8-12-9-13(22(6-2)10-12)19(27)21-14(11(3)23)18-16(25)15(24)17(26)20(28-18)29-4/h11-18,20,23-26H,5-10H2,1-4H3,(H,21,27). The van der Waals surface area contributed by atoms with Gasteiger partial charge in [-0.25, -0.2) is 0 Å². The van der Waals surface area contributed by atoms with Crippen LogP contribution < -0.4 is 5.32 Å². The lowest BCUT2D eigenvalue weighted by molar-refractivity contribution is -0.211. The molecule has 8 nitrogen and oxygen atoms in total. The number of hydrogen-bond donors (Lipinski definition) is 5. The number of amides is 1. The molecule has 0 aromatic rings. The Morgan fingerprint density at radius 3 is 2.48 bits per heavy atom. The molecule has 5 N–H and O–H groups in total. The number of nitrogens with one attached hydrogen (secondary N) is 1. The molecule has 9 atom stereocenters. The zero-order chi connectivity index (χ0) is 21.7. The van der Waals surface area contributed by atoms with Crippen molar-refractivity contribution in [1.82, 2.24) is 10.2 Å². The molecule has 0 aliphatic carbocycles. The maximum atomic E-state index is 13.1. The Kier molecular flexibility index (Phi) is 9.66. The van der Waals surface area contributed by atoms with Crippen LogP contribution in [0, 0.1) is 5.92 Å². The summed E-state index contributed by atoms with van der Waals surface area (Å²) in [6.07, 6.45) is -0.242. The van der Waals surface area contributed by atoms with Crippen LogP contribution in [0.4, 0.5) is 0 Å². The van der Waals surface area contributed by atoms with E-state index in [0.717, 1.165) is 38.8 Å². The van der Waals surface area contributed by atoms with E-state index in [2.05, 4.69) is 17.1 Å². The maximum Gasteiger partial charge on any atom is 0.237 e. The minimum atomic E-state index is -1.42. The Labute approximate surface area is 178 Å². The van der Waals surface area contributed by atoms with Gasteiger partial charge in [-0.15, -0.1) is 11.8 Å². The van der Waals surface area contributed by atoms with E-state index in [1.165, 1.54) is 18.7 Å². The van der Waals surface area contributed by atoms with Crippen LogP contribution in [0.3, 0.4) is 0 Å². The number of carbonyl (C=O) groups is 1. The first-order valence-corrected chi connectivity index (χ1v) is 12.0. The second-order valence-electron chi connectivity index (χ2n) is 8.30. The van der Waals surface area contributed by atoms with Crippen LogP contribution in [-0.4, -0.2) is 98.6 Å². The van der Waals surface area contributed by atoms with Crippen LogP contribution in [0.5, 0.6) is 0 Å². The van der Waals surface area contributed by atoms with E-state index in [9.17, 15) is 25.2 Å². The number of likely N-dealkylation sites (tertiary alicyclic amines) is 1. The molecular formula is C20H38N2O6S. The number of nitrogens with zero attached hydrogens (tertiary/aromatic N) is 1. The van der Waals surface area contributed by atoms with Crippen molar-refractivity contribution in [2.24, 2.45) is 5.92 Å². The molecule has 2 fully saturated rings. The number of ether oxygens (including phenoxy) is 1. The van der Waals surface area contributed by atoms with Crippen LogP contribution in [-0.2, 0) is 9.53 Å². The third kappa shape index (κ3) is 5.84. The molecule has 0 spiro atoms. The predicted molar refractivity (Wildman–Crippen MR) is 112 cm³/mol. The molecule has 9 unspecified atom stereocenters. The summed E-state index contributed by atoms with van der Waals surface area (Å²) in [5.74, 6) is 0.277. The number of likely N-dealkylation sites (N-methyl/N-ethyl adjacent to an activating group) is 1. The molecule has 0 radical (unpaired) electrons. The normalized spacial score (nSPS) is 38.0. The molecule has 9 heteroatoms. The Bertz CT molecular complexity index is 523. The second-order valence-corrected chi connectivity index (χ2v) is 9.23. The van der Waals surface area contributed by atoms with Crippen molar-refractivity contribution in [2.45, 2.75) is 94.5 Å². The number of unbranched alkanes of at least 4 members (excludes halogenated alkanes) is 1. The quantitative estimate of drug-likeness (QED) is 0.342. The molecule has 0 aromatic carbocycles. The van der Waals surface area contributed by atoms with Gasteiger partial charge in [0.1, 0.15) is 29.9 Å². The monoisotopic (exact) mass is 434 g/mol. The number of hydrogen-bond acceptors (Lipinski definition) is 8. The van der Waals surface area contributed by atoms with Gasteiger partial charge in [-0.1, -0.05) is 26.7 Å². The first kappa shape index (κ1) is 24.8. The van der Waals surface area contributed by atoms with Crippen molar-refractivity contribution in [3.63, 3.8) is 0 Å². The zero-order valence-corrected chi connectivity index (χ0v) is 18.7. The lowest BCUT2D eigenvalue weighted by atomic mass is 9.92. The van der Waals surface area contributed by atoms with Gasteiger partial charge in [-0.05, 0) is 38.5 Å². The molecule has 170 valence electrons. The second kappa shape index (κ2) is 11.3. The van der Waals surface area contributed by atoms with E-state index < -0.39 is 42.0 Å². The fourth-order valence-corrected chi connectivity index (χ4v) is 5.10. The third-order valence-corrected chi connectivity index (χ3v) is 7.04. The molecule has 0 aromatic heterocycles. The summed E-state index contributed by atoms with van der Waals surface area (Å²) in [6, 6.07) is -1.18. The predicted octanol–water partition coefficient (Wildman–Crippen LogP) is -0.0768. The Balaban J connectivity index is 2.10. The maximum absolute atomic E-state index is 13.1. The molecule has 29 heavy (non-hydrogen) atoms. The summed E-state index contributed by atoms with van der Waals surface area (Å²) in [7, 11) is 0. The fraction of sp³-hybridized carbons (Fsp3) is 0.950. The fourth-order valence-electron chi connectivity index (χ4n) is 4.43. The lowest BCUT2D eigenvalue weighted by Gasteiger charge is -2.44. The van der Waals surface area contributed by atoms with Crippen molar-refractivity contribution in [3.8, 4) is 0 Å². The Hall–Kier alpha value is -0.420. The number of aliphatic hydroxyl groups excluding tert-OH is 4. The van der Waals surface area contributed by atoms with Crippen LogP contribution in [0.15, 0.2) is 0 Å². The van der Waals surface area contributed by atoms with Gasteiger partial charge in [-0.3, -0.25) is 9.69 Å². The van der Waals surface area contributed by atoms with Crippen molar-refractivity contribution in [3.05, 3.63) is 0 Å². The molecule has 2 heterocycles. The molecular weight excluding hydrogens is 396 g/mol. The highest BCUT2D eigenvalue weighted by Gasteiger charge is 2.48. The van der Waals surface area contributed by atoms with Gasteiger partial charge in [-0.2, -0.15) is 0 Å². The molecule has 0 saturated carbocycles. The van der Waals surface area contributed by atoms with E-state index in [1.54, 1.807) is 6.26 Å². The summed E-state index contributed by atoms with van der Waals surface area (Å²) in [5, 5.41) is 43.9. The Morgan fingerprint density at radius 1 is 1.24 bits per heavy atom. The number of aliphatic hydroxyl groups is 4. The average Bonchev–Trinajstić information content (AvgIpc) is 3.12. The molecule has 2 aliphatic rings. The highest BCUT2D eigenvalue weighted by molar-refractivity contribution is 7.99. The first-order chi connectivity index (χ1) is 13.7. The summed E-state index contributed by atoms with van der Waals surface area (Å²) in [4.78, 5) is 15.2. The van der Waals surface area contributed by atoms with Gasteiger partial charge in [0.15, 0.2) is 0 Å². The number of carbonyl (C=O) groups excluding carboxylic acids is 1.